The molecule has 2 aromatic carbocycles. The van der Waals surface area contributed by atoms with E-state index in [1.54, 1.807) is 20.9 Å². The number of amides is 1. The first-order valence-corrected chi connectivity index (χ1v) is 10.0. The zero-order chi connectivity index (χ0) is 21.6. The first-order valence-electron chi connectivity index (χ1n) is 8.53. The molecule has 1 heterocycles. The molecule has 0 saturated heterocycles. The Morgan fingerprint density at radius 1 is 1.24 bits per heavy atom. The van der Waals surface area contributed by atoms with E-state index < -0.39 is 32.1 Å². The Morgan fingerprint density at radius 3 is 2.55 bits per heavy atom. The number of carboxylic acids is 1. The Hall–Kier alpha value is -3.14. The topological polar surface area (TPSA) is 113 Å². The Kier molecular flexibility index (Phi) is 4.99. The van der Waals surface area contributed by atoms with Gasteiger partial charge >= 0.3 is 5.97 Å². The van der Waals surface area contributed by atoms with Gasteiger partial charge in [-0.15, -0.1) is 0 Å². The lowest BCUT2D eigenvalue weighted by atomic mass is 9.93. The summed E-state index contributed by atoms with van der Waals surface area (Å²) in [5.74, 6) is -2.36. The number of carboxylic acid groups (broad SMARTS) is 1. The smallest absolute Gasteiger partial charge is 0.335 e. The second-order valence-electron chi connectivity index (χ2n) is 7.28. The van der Waals surface area contributed by atoms with Crippen LogP contribution in [0.1, 0.15) is 24.2 Å². The van der Waals surface area contributed by atoms with Crippen molar-refractivity contribution in [3.8, 4) is 5.75 Å². The maximum Gasteiger partial charge on any atom is 0.335 e. The summed E-state index contributed by atoms with van der Waals surface area (Å²) in [6.45, 7) is 3.64. The predicted octanol–water partition coefficient (Wildman–Crippen LogP) is 2.71. The molecule has 10 heteroatoms. The van der Waals surface area contributed by atoms with E-state index in [1.807, 2.05) is 0 Å². The minimum Gasteiger partial charge on any atom is -0.490 e. The van der Waals surface area contributed by atoms with E-state index in [0.717, 1.165) is 12.1 Å². The van der Waals surface area contributed by atoms with Crippen LogP contribution in [0.3, 0.4) is 0 Å². The van der Waals surface area contributed by atoms with E-state index in [9.17, 15) is 22.4 Å². The number of carbonyl (C=O) groups is 2. The molecule has 3 rings (SSSR count). The summed E-state index contributed by atoms with van der Waals surface area (Å²) in [5, 5.41) is 8.88. The maximum atomic E-state index is 14.2. The number of sulfonamides is 1. The molecule has 0 saturated carbocycles. The van der Waals surface area contributed by atoms with Crippen LogP contribution in [0.2, 0.25) is 0 Å². The van der Waals surface area contributed by atoms with Gasteiger partial charge in [0.05, 0.1) is 22.4 Å². The first kappa shape index (κ1) is 20.6. The molecule has 0 unspecified atom stereocenters. The lowest BCUT2D eigenvalue weighted by molar-refractivity contribution is -0.127. The largest absolute Gasteiger partial charge is 0.490 e. The van der Waals surface area contributed by atoms with Crippen molar-refractivity contribution < 1.29 is 32.2 Å². The van der Waals surface area contributed by atoms with Crippen molar-refractivity contribution in [2.24, 2.45) is 5.41 Å². The van der Waals surface area contributed by atoms with E-state index in [4.69, 9.17) is 9.84 Å². The lowest BCUT2D eigenvalue weighted by Crippen LogP contribution is -2.39. The van der Waals surface area contributed by atoms with Gasteiger partial charge in [-0.2, -0.15) is 0 Å². The van der Waals surface area contributed by atoms with Gasteiger partial charge in [-0.25, -0.2) is 17.6 Å². The number of aromatic carboxylic acids is 1. The Labute approximate surface area is 167 Å². The second-order valence-corrected chi connectivity index (χ2v) is 8.93. The number of nitrogens with zero attached hydrogens (tertiary/aromatic N) is 1. The molecule has 0 radical (unpaired) electrons. The minimum absolute atomic E-state index is 0.0911. The maximum absolute atomic E-state index is 14.2. The SMILES string of the molecule is CN1C(=O)C(C)(C)COc2ccc(NS(=O)(=O)c3ccc(C(=O)O)cc3F)cc21. The molecule has 154 valence electrons. The summed E-state index contributed by atoms with van der Waals surface area (Å²) in [4.78, 5) is 24.2. The summed E-state index contributed by atoms with van der Waals surface area (Å²) < 4.78 is 47.3. The normalized spacial score (nSPS) is 15.9. The van der Waals surface area contributed by atoms with Crippen molar-refractivity contribution in [1.82, 2.24) is 0 Å². The molecule has 1 amide bonds. The van der Waals surface area contributed by atoms with Crippen LogP contribution in [0.5, 0.6) is 5.75 Å². The highest BCUT2D eigenvalue weighted by Crippen LogP contribution is 2.37. The number of halogens is 1. The van der Waals surface area contributed by atoms with Gasteiger partial charge in [-0.1, -0.05) is 0 Å². The van der Waals surface area contributed by atoms with Crippen molar-refractivity contribution in [3.05, 3.63) is 47.8 Å². The molecule has 0 bridgehead atoms. The van der Waals surface area contributed by atoms with E-state index in [0.29, 0.717) is 17.5 Å². The fourth-order valence-electron chi connectivity index (χ4n) is 2.91. The molecule has 1 aliphatic heterocycles. The Bertz CT molecular complexity index is 1110. The van der Waals surface area contributed by atoms with Crippen LogP contribution < -0.4 is 14.4 Å². The van der Waals surface area contributed by atoms with Crippen LogP contribution >= 0.6 is 0 Å². The third-order valence-electron chi connectivity index (χ3n) is 4.51. The van der Waals surface area contributed by atoms with Crippen LogP contribution in [-0.4, -0.2) is 39.1 Å². The number of rotatable bonds is 4. The summed E-state index contributed by atoms with van der Waals surface area (Å²) in [6, 6.07) is 6.87. The van der Waals surface area contributed by atoms with Gasteiger partial charge in [0.25, 0.3) is 10.0 Å². The van der Waals surface area contributed by atoms with Crippen LogP contribution in [0.4, 0.5) is 15.8 Å². The van der Waals surface area contributed by atoms with Crippen molar-refractivity contribution in [2.45, 2.75) is 18.7 Å². The summed E-state index contributed by atoms with van der Waals surface area (Å²) in [5.41, 5.74) is -0.676. The Balaban J connectivity index is 1.95. The number of hydrogen-bond acceptors (Lipinski definition) is 5. The molecular formula is C19H19FN2O6S. The number of ether oxygens (including phenoxy) is 1. The number of anilines is 2. The first-order chi connectivity index (χ1) is 13.4. The van der Waals surface area contributed by atoms with Gasteiger partial charge in [-0.3, -0.25) is 9.52 Å². The molecule has 0 aromatic heterocycles. The standard InChI is InChI=1S/C19H19FN2O6S/c1-19(2)10-28-15-6-5-12(9-14(15)22(3)18(19)25)21-29(26,27)16-7-4-11(17(23)24)8-13(16)20/h4-9,21H,10H2,1-3H3,(H,23,24). The number of fused-ring (bicyclic) bond motifs is 1. The van der Waals surface area contributed by atoms with Crippen molar-refractivity contribution in [1.29, 1.82) is 0 Å². The molecule has 29 heavy (non-hydrogen) atoms. The van der Waals surface area contributed by atoms with Gasteiger partial charge in [0.1, 0.15) is 23.1 Å². The summed E-state index contributed by atoms with van der Waals surface area (Å²) in [7, 11) is -2.78. The molecule has 0 aliphatic carbocycles. The molecule has 8 nitrogen and oxygen atoms in total. The highest BCUT2D eigenvalue weighted by atomic mass is 32.2. The van der Waals surface area contributed by atoms with E-state index in [2.05, 4.69) is 4.72 Å². The van der Waals surface area contributed by atoms with Crippen molar-refractivity contribution >= 4 is 33.3 Å². The summed E-state index contributed by atoms with van der Waals surface area (Å²) in [6.07, 6.45) is 0. The molecule has 2 N–H and O–H groups in total. The lowest BCUT2D eigenvalue weighted by Gasteiger charge is -2.24. The van der Waals surface area contributed by atoms with Crippen LogP contribution in [-0.2, 0) is 14.8 Å². The molecule has 0 atom stereocenters. The molecule has 1 aliphatic rings. The quantitative estimate of drug-likeness (QED) is 0.783. The van der Waals surface area contributed by atoms with Gasteiger partial charge in [0, 0.05) is 7.05 Å². The fraction of sp³-hybridized carbons (Fsp3) is 0.263. The van der Waals surface area contributed by atoms with Crippen molar-refractivity contribution in [2.75, 3.05) is 23.3 Å². The van der Waals surface area contributed by atoms with Gasteiger partial charge < -0.3 is 14.7 Å². The third-order valence-corrected chi connectivity index (χ3v) is 5.93. The van der Waals surface area contributed by atoms with Gasteiger partial charge in [0.2, 0.25) is 5.91 Å². The number of benzene rings is 2. The highest BCUT2D eigenvalue weighted by molar-refractivity contribution is 7.92. The van der Waals surface area contributed by atoms with E-state index in [1.165, 1.54) is 23.1 Å². The molecule has 0 fully saturated rings. The third kappa shape index (κ3) is 3.88. The molecule has 2 aromatic rings. The monoisotopic (exact) mass is 422 g/mol. The van der Waals surface area contributed by atoms with Crippen molar-refractivity contribution in [3.63, 3.8) is 0 Å². The van der Waals surface area contributed by atoms with E-state index >= 15 is 0 Å². The average Bonchev–Trinajstić information content (AvgIpc) is 2.72. The number of carbonyl (C=O) groups excluding carboxylic acids is 1. The summed E-state index contributed by atoms with van der Waals surface area (Å²) >= 11 is 0. The van der Waals surface area contributed by atoms with Crippen LogP contribution in [0, 0.1) is 11.2 Å². The Morgan fingerprint density at radius 2 is 1.93 bits per heavy atom. The predicted molar refractivity (Wildman–Crippen MR) is 103 cm³/mol. The zero-order valence-electron chi connectivity index (χ0n) is 15.9. The highest BCUT2D eigenvalue weighted by Gasteiger charge is 2.36. The van der Waals surface area contributed by atoms with Gasteiger partial charge in [-0.05, 0) is 50.2 Å². The molecule has 0 spiro atoms. The van der Waals surface area contributed by atoms with Crippen LogP contribution in [0.25, 0.3) is 0 Å². The fourth-order valence-corrected chi connectivity index (χ4v) is 4.02. The van der Waals surface area contributed by atoms with Crippen LogP contribution in [0.15, 0.2) is 41.3 Å². The second kappa shape index (κ2) is 7.03. The zero-order valence-corrected chi connectivity index (χ0v) is 16.7. The van der Waals surface area contributed by atoms with E-state index in [-0.39, 0.29) is 23.8 Å². The number of nitrogens with one attached hydrogen (secondary N) is 1. The van der Waals surface area contributed by atoms with Gasteiger partial charge in [0.15, 0.2) is 0 Å². The average molecular weight is 422 g/mol. The molecular weight excluding hydrogens is 403 g/mol. The minimum atomic E-state index is -4.34. The number of hydrogen-bond donors (Lipinski definition) is 2.